The molecule has 7 nitrogen and oxygen atoms in total. The number of aryl methyl sites for hydroxylation is 1. The van der Waals surface area contributed by atoms with Gasteiger partial charge in [-0.2, -0.15) is 0 Å². The third-order valence-electron chi connectivity index (χ3n) is 4.59. The Labute approximate surface area is 164 Å². The molecule has 2 aromatic rings. The van der Waals surface area contributed by atoms with Crippen molar-refractivity contribution in [3.63, 3.8) is 0 Å². The average Bonchev–Trinajstić information content (AvgIpc) is 2.87. The van der Waals surface area contributed by atoms with Crippen LogP contribution in [0.2, 0.25) is 5.15 Å². The summed E-state index contributed by atoms with van der Waals surface area (Å²) in [6.45, 7) is 2.38. The monoisotopic (exact) mass is 408 g/mol. The molecular formula is C18H21ClN4O3S. The van der Waals surface area contributed by atoms with Crippen molar-refractivity contribution in [2.45, 2.75) is 19.9 Å². The first kappa shape index (κ1) is 19.4. The summed E-state index contributed by atoms with van der Waals surface area (Å²) in [5.41, 5.74) is 3.62. The number of hydrogen-bond donors (Lipinski definition) is 1. The lowest BCUT2D eigenvalue weighted by atomic mass is 10.1. The van der Waals surface area contributed by atoms with Crippen LogP contribution in [0.4, 0.5) is 17.1 Å². The first-order chi connectivity index (χ1) is 12.6. The molecule has 0 aliphatic carbocycles. The van der Waals surface area contributed by atoms with Crippen molar-refractivity contribution < 1.29 is 13.2 Å². The molecule has 1 N–H and O–H groups in total. The quantitative estimate of drug-likeness (QED) is 0.769. The van der Waals surface area contributed by atoms with Crippen LogP contribution < -0.4 is 9.62 Å². The Balaban J connectivity index is 2.11. The zero-order valence-corrected chi connectivity index (χ0v) is 17.1. The van der Waals surface area contributed by atoms with E-state index in [-0.39, 0.29) is 11.1 Å². The second kappa shape index (κ2) is 7.01. The lowest BCUT2D eigenvalue weighted by molar-refractivity contribution is 0.0817. The van der Waals surface area contributed by atoms with Gasteiger partial charge in [0, 0.05) is 14.1 Å². The Morgan fingerprint density at radius 3 is 2.63 bits per heavy atom. The Hall–Kier alpha value is -2.32. The molecule has 1 aliphatic rings. The maximum atomic E-state index is 12.5. The van der Waals surface area contributed by atoms with Crippen LogP contribution in [0.3, 0.4) is 0 Å². The van der Waals surface area contributed by atoms with Crippen LogP contribution in [0, 0.1) is 0 Å². The number of rotatable bonds is 5. The van der Waals surface area contributed by atoms with E-state index in [0.717, 1.165) is 18.2 Å². The molecule has 1 aromatic heterocycles. The van der Waals surface area contributed by atoms with Gasteiger partial charge in [-0.1, -0.05) is 24.6 Å². The largest absolute Gasteiger partial charge is 0.353 e. The minimum Gasteiger partial charge on any atom is -0.353 e. The SMILES string of the molecule is CCc1ccc(Nc2cc(Cl)nc3c2C(=O)N(C)C3)c(N(C)S(C)(=O)=O)c1. The number of hydrogen-bond acceptors (Lipinski definition) is 5. The molecule has 0 fully saturated rings. The Kier molecular flexibility index (Phi) is 5.05. The Bertz CT molecular complexity index is 1020. The van der Waals surface area contributed by atoms with E-state index in [0.29, 0.717) is 34.9 Å². The van der Waals surface area contributed by atoms with Crippen LogP contribution in [0.15, 0.2) is 24.3 Å². The van der Waals surface area contributed by atoms with Crippen molar-refractivity contribution >= 4 is 44.6 Å². The molecule has 144 valence electrons. The second-order valence-corrected chi connectivity index (χ2v) is 8.94. The molecule has 1 amide bonds. The van der Waals surface area contributed by atoms with Gasteiger partial charge in [0.1, 0.15) is 5.15 Å². The summed E-state index contributed by atoms with van der Waals surface area (Å²) >= 11 is 6.13. The standard InChI is InChI=1S/C18H21ClN4O3S/c1-5-11-6-7-12(15(8-11)23(3)27(4,25)26)20-13-9-16(19)21-14-10-22(2)18(24)17(13)14/h6-9H,5,10H2,1-4H3,(H,20,21). The van der Waals surface area contributed by atoms with Gasteiger partial charge in [-0.3, -0.25) is 9.10 Å². The van der Waals surface area contributed by atoms with E-state index in [1.54, 1.807) is 24.1 Å². The van der Waals surface area contributed by atoms with Gasteiger partial charge in [-0.05, 0) is 30.2 Å². The highest BCUT2D eigenvalue weighted by molar-refractivity contribution is 7.92. The van der Waals surface area contributed by atoms with E-state index in [4.69, 9.17) is 11.6 Å². The van der Waals surface area contributed by atoms with Crippen molar-refractivity contribution in [2.24, 2.45) is 0 Å². The van der Waals surface area contributed by atoms with E-state index in [2.05, 4.69) is 10.3 Å². The lowest BCUT2D eigenvalue weighted by Gasteiger charge is -2.22. The minimum atomic E-state index is -3.46. The van der Waals surface area contributed by atoms with Gasteiger partial charge in [0.15, 0.2) is 0 Å². The van der Waals surface area contributed by atoms with E-state index >= 15 is 0 Å². The van der Waals surface area contributed by atoms with Crippen molar-refractivity contribution in [2.75, 3.05) is 30.0 Å². The predicted octanol–water partition coefficient (Wildman–Crippen LogP) is 3.02. The van der Waals surface area contributed by atoms with Crippen LogP contribution in [0.5, 0.6) is 0 Å². The summed E-state index contributed by atoms with van der Waals surface area (Å²) < 4.78 is 25.4. The fourth-order valence-corrected chi connectivity index (χ4v) is 3.71. The predicted molar refractivity (Wildman–Crippen MR) is 107 cm³/mol. The third kappa shape index (κ3) is 3.72. The fraction of sp³-hybridized carbons (Fsp3) is 0.333. The van der Waals surface area contributed by atoms with Gasteiger partial charge in [0.25, 0.3) is 5.91 Å². The van der Waals surface area contributed by atoms with Gasteiger partial charge < -0.3 is 10.2 Å². The van der Waals surface area contributed by atoms with E-state index in [1.165, 1.54) is 11.4 Å². The highest BCUT2D eigenvalue weighted by Crippen LogP contribution is 2.35. The van der Waals surface area contributed by atoms with E-state index < -0.39 is 10.0 Å². The number of anilines is 3. The zero-order chi connectivity index (χ0) is 19.9. The van der Waals surface area contributed by atoms with Crippen LogP contribution in [0.1, 0.15) is 28.5 Å². The number of carbonyl (C=O) groups is 1. The van der Waals surface area contributed by atoms with Gasteiger partial charge in [0.05, 0.1) is 41.1 Å². The summed E-state index contributed by atoms with van der Waals surface area (Å²) in [7, 11) is -0.262. The number of nitrogens with zero attached hydrogens (tertiary/aromatic N) is 3. The highest BCUT2D eigenvalue weighted by atomic mass is 35.5. The molecule has 0 saturated carbocycles. The van der Waals surface area contributed by atoms with Gasteiger partial charge in [-0.15, -0.1) is 0 Å². The van der Waals surface area contributed by atoms with Crippen molar-refractivity contribution in [3.05, 3.63) is 46.2 Å². The maximum absolute atomic E-state index is 12.5. The number of aromatic nitrogens is 1. The number of pyridine rings is 1. The average molecular weight is 409 g/mol. The molecule has 1 aromatic carbocycles. The number of fused-ring (bicyclic) bond motifs is 1. The molecule has 0 saturated heterocycles. The topological polar surface area (TPSA) is 82.6 Å². The number of carbonyl (C=O) groups excluding carboxylic acids is 1. The summed E-state index contributed by atoms with van der Waals surface area (Å²) in [6, 6.07) is 7.12. The normalized spacial score (nSPS) is 13.7. The fourth-order valence-electron chi connectivity index (χ4n) is 2.99. The molecule has 0 atom stereocenters. The molecule has 3 rings (SSSR count). The molecule has 1 aliphatic heterocycles. The number of nitrogens with one attached hydrogen (secondary N) is 1. The van der Waals surface area contributed by atoms with Crippen molar-refractivity contribution in [1.82, 2.24) is 9.88 Å². The van der Waals surface area contributed by atoms with Crippen LogP contribution in [-0.2, 0) is 23.0 Å². The van der Waals surface area contributed by atoms with Crippen molar-refractivity contribution in [1.29, 1.82) is 0 Å². The van der Waals surface area contributed by atoms with Crippen LogP contribution >= 0.6 is 11.6 Å². The second-order valence-electron chi connectivity index (χ2n) is 6.54. The number of benzene rings is 1. The minimum absolute atomic E-state index is 0.153. The third-order valence-corrected chi connectivity index (χ3v) is 5.97. The first-order valence-corrected chi connectivity index (χ1v) is 10.6. The molecule has 0 unspecified atom stereocenters. The van der Waals surface area contributed by atoms with Crippen molar-refractivity contribution in [3.8, 4) is 0 Å². The van der Waals surface area contributed by atoms with Gasteiger partial charge in [-0.25, -0.2) is 13.4 Å². The Morgan fingerprint density at radius 2 is 2.00 bits per heavy atom. The molecule has 0 radical (unpaired) electrons. The molecular weight excluding hydrogens is 388 g/mol. The lowest BCUT2D eigenvalue weighted by Crippen LogP contribution is -2.25. The van der Waals surface area contributed by atoms with Crippen LogP contribution in [0.25, 0.3) is 0 Å². The number of amides is 1. The summed E-state index contributed by atoms with van der Waals surface area (Å²) in [6.07, 6.45) is 1.92. The smallest absolute Gasteiger partial charge is 0.257 e. The Morgan fingerprint density at radius 1 is 1.30 bits per heavy atom. The highest BCUT2D eigenvalue weighted by Gasteiger charge is 2.30. The van der Waals surface area contributed by atoms with E-state index in [1.807, 2.05) is 19.1 Å². The molecule has 2 heterocycles. The molecule has 27 heavy (non-hydrogen) atoms. The first-order valence-electron chi connectivity index (χ1n) is 8.40. The summed E-state index contributed by atoms with van der Waals surface area (Å²) in [4.78, 5) is 18.3. The molecule has 0 spiro atoms. The summed E-state index contributed by atoms with van der Waals surface area (Å²) in [5, 5.41) is 3.46. The van der Waals surface area contributed by atoms with Crippen LogP contribution in [-0.4, -0.2) is 44.6 Å². The number of sulfonamides is 1. The van der Waals surface area contributed by atoms with Gasteiger partial charge >= 0.3 is 0 Å². The van der Waals surface area contributed by atoms with Gasteiger partial charge in [0.2, 0.25) is 10.0 Å². The molecule has 9 heteroatoms. The summed E-state index contributed by atoms with van der Waals surface area (Å²) in [5.74, 6) is -0.153. The molecule has 0 bridgehead atoms. The maximum Gasteiger partial charge on any atom is 0.257 e. The van der Waals surface area contributed by atoms with E-state index in [9.17, 15) is 13.2 Å². The number of halogens is 1. The zero-order valence-electron chi connectivity index (χ0n) is 15.6.